The van der Waals surface area contributed by atoms with Gasteiger partial charge in [-0.15, -0.1) is 16.4 Å². The molecule has 0 saturated carbocycles. The Morgan fingerprint density at radius 2 is 2.21 bits per heavy atom. The van der Waals surface area contributed by atoms with Crippen LogP contribution in [-0.2, 0) is 9.59 Å². The summed E-state index contributed by atoms with van der Waals surface area (Å²) in [5.41, 5.74) is 5.33. The standard InChI is InChI=1S/C15H19N5O2S2/c1-9(14(22)20-6-4-10(5-7-20)12(16)21)24-15-17-13(18-19-15)11-3-2-8-23-11/h2-3,8-10H,4-7H2,1H3,(H2,16,21)(H,17,18,19). The molecule has 3 heterocycles. The quantitative estimate of drug-likeness (QED) is 0.785. The van der Waals surface area contributed by atoms with Gasteiger partial charge in [-0.3, -0.25) is 14.7 Å². The first-order chi connectivity index (χ1) is 11.5. The number of aromatic amines is 1. The van der Waals surface area contributed by atoms with Gasteiger partial charge < -0.3 is 10.6 Å². The lowest BCUT2D eigenvalue weighted by Crippen LogP contribution is -2.44. The Hall–Kier alpha value is -1.87. The number of thioether (sulfide) groups is 1. The van der Waals surface area contributed by atoms with Gasteiger partial charge in [0.05, 0.1) is 10.1 Å². The van der Waals surface area contributed by atoms with Crippen LogP contribution in [-0.4, -0.2) is 50.2 Å². The summed E-state index contributed by atoms with van der Waals surface area (Å²) in [7, 11) is 0. The van der Waals surface area contributed by atoms with Crippen molar-refractivity contribution in [3.05, 3.63) is 17.5 Å². The molecular formula is C15H19N5O2S2. The molecule has 1 saturated heterocycles. The molecule has 0 radical (unpaired) electrons. The zero-order chi connectivity index (χ0) is 17.1. The fourth-order valence-corrected chi connectivity index (χ4v) is 4.14. The predicted molar refractivity (Wildman–Crippen MR) is 93.5 cm³/mol. The number of likely N-dealkylation sites (tertiary alicyclic amines) is 1. The number of hydrogen-bond donors (Lipinski definition) is 2. The maximum atomic E-state index is 12.5. The molecule has 9 heteroatoms. The first kappa shape index (κ1) is 17.0. The molecule has 0 aliphatic carbocycles. The number of piperidine rings is 1. The number of aromatic nitrogens is 3. The third-order valence-corrected chi connectivity index (χ3v) is 5.88. The Labute approximate surface area is 148 Å². The van der Waals surface area contributed by atoms with Crippen LogP contribution in [0.3, 0.4) is 0 Å². The van der Waals surface area contributed by atoms with E-state index in [-0.39, 0.29) is 23.0 Å². The van der Waals surface area contributed by atoms with E-state index in [1.807, 2.05) is 24.4 Å². The van der Waals surface area contributed by atoms with Crippen molar-refractivity contribution in [1.29, 1.82) is 0 Å². The van der Waals surface area contributed by atoms with Gasteiger partial charge in [0.15, 0.2) is 5.82 Å². The topological polar surface area (TPSA) is 105 Å². The second-order valence-electron chi connectivity index (χ2n) is 5.71. The highest BCUT2D eigenvalue weighted by Gasteiger charge is 2.29. The highest BCUT2D eigenvalue weighted by atomic mass is 32.2. The largest absolute Gasteiger partial charge is 0.369 e. The number of nitrogens with zero attached hydrogens (tertiary/aromatic N) is 3. The monoisotopic (exact) mass is 365 g/mol. The van der Waals surface area contributed by atoms with Crippen molar-refractivity contribution in [3.63, 3.8) is 0 Å². The Morgan fingerprint density at radius 1 is 1.46 bits per heavy atom. The van der Waals surface area contributed by atoms with E-state index >= 15 is 0 Å². The van der Waals surface area contributed by atoms with E-state index in [0.29, 0.717) is 31.1 Å². The molecule has 0 spiro atoms. The molecule has 0 aromatic carbocycles. The van der Waals surface area contributed by atoms with Crippen molar-refractivity contribution in [2.75, 3.05) is 13.1 Å². The van der Waals surface area contributed by atoms with Gasteiger partial charge in [-0.05, 0) is 31.2 Å². The molecule has 24 heavy (non-hydrogen) atoms. The first-order valence-electron chi connectivity index (χ1n) is 7.75. The minimum absolute atomic E-state index is 0.0467. The maximum Gasteiger partial charge on any atom is 0.235 e. The van der Waals surface area contributed by atoms with E-state index in [1.54, 1.807) is 16.2 Å². The number of hydrogen-bond acceptors (Lipinski definition) is 6. The molecule has 3 rings (SSSR count). The molecule has 1 aliphatic heterocycles. The highest BCUT2D eigenvalue weighted by molar-refractivity contribution is 8.00. The summed E-state index contributed by atoms with van der Waals surface area (Å²) >= 11 is 2.92. The SMILES string of the molecule is CC(Sc1n[nH]c(-c2cccs2)n1)C(=O)N1CCC(C(N)=O)CC1. The van der Waals surface area contributed by atoms with Crippen molar-refractivity contribution in [1.82, 2.24) is 20.1 Å². The van der Waals surface area contributed by atoms with Crippen molar-refractivity contribution in [3.8, 4) is 10.7 Å². The number of carbonyl (C=O) groups excluding carboxylic acids is 2. The summed E-state index contributed by atoms with van der Waals surface area (Å²) in [6.07, 6.45) is 1.28. The van der Waals surface area contributed by atoms with Crippen molar-refractivity contribution >= 4 is 34.9 Å². The molecule has 1 aliphatic rings. The summed E-state index contributed by atoms with van der Waals surface area (Å²) in [6, 6.07) is 3.92. The van der Waals surface area contributed by atoms with Crippen molar-refractivity contribution in [2.45, 2.75) is 30.2 Å². The Morgan fingerprint density at radius 3 is 2.83 bits per heavy atom. The molecule has 7 nitrogen and oxygen atoms in total. The number of rotatable bonds is 5. The first-order valence-corrected chi connectivity index (χ1v) is 9.51. The average molecular weight is 365 g/mol. The zero-order valence-electron chi connectivity index (χ0n) is 13.3. The van der Waals surface area contributed by atoms with Gasteiger partial charge in [-0.25, -0.2) is 4.98 Å². The molecule has 0 bridgehead atoms. The van der Waals surface area contributed by atoms with Crippen molar-refractivity contribution < 1.29 is 9.59 Å². The van der Waals surface area contributed by atoms with Crippen LogP contribution in [0, 0.1) is 5.92 Å². The normalized spacial score (nSPS) is 17.0. The minimum Gasteiger partial charge on any atom is -0.369 e. The van der Waals surface area contributed by atoms with E-state index in [1.165, 1.54) is 11.8 Å². The number of nitrogens with two attached hydrogens (primary N) is 1. The summed E-state index contributed by atoms with van der Waals surface area (Å²) in [6.45, 7) is 3.01. The summed E-state index contributed by atoms with van der Waals surface area (Å²) in [4.78, 5) is 31.0. The summed E-state index contributed by atoms with van der Waals surface area (Å²) < 4.78 is 0. The lowest BCUT2D eigenvalue weighted by molar-refractivity contribution is -0.134. The van der Waals surface area contributed by atoms with Crippen LogP contribution in [0.15, 0.2) is 22.7 Å². The van der Waals surface area contributed by atoms with Crippen LogP contribution in [0.25, 0.3) is 10.7 Å². The van der Waals surface area contributed by atoms with Crippen LogP contribution in [0.4, 0.5) is 0 Å². The molecule has 2 aromatic rings. The summed E-state index contributed by atoms with van der Waals surface area (Å²) in [5.74, 6) is 0.379. The van der Waals surface area contributed by atoms with E-state index in [4.69, 9.17) is 5.73 Å². The van der Waals surface area contributed by atoms with Crippen LogP contribution < -0.4 is 5.73 Å². The van der Waals surface area contributed by atoms with Gasteiger partial charge >= 0.3 is 0 Å². The van der Waals surface area contributed by atoms with Crippen LogP contribution in [0.5, 0.6) is 0 Å². The van der Waals surface area contributed by atoms with E-state index in [9.17, 15) is 9.59 Å². The lowest BCUT2D eigenvalue weighted by Gasteiger charge is -2.32. The number of carbonyl (C=O) groups is 2. The van der Waals surface area contributed by atoms with Crippen LogP contribution in [0.2, 0.25) is 0 Å². The number of thiophene rings is 1. The molecule has 1 unspecified atom stereocenters. The number of amides is 2. The predicted octanol–water partition coefficient (Wildman–Crippen LogP) is 1.74. The second kappa shape index (κ2) is 7.35. The molecule has 2 amide bonds. The van der Waals surface area contributed by atoms with E-state index < -0.39 is 0 Å². The lowest BCUT2D eigenvalue weighted by atomic mass is 9.96. The number of nitrogens with one attached hydrogen (secondary N) is 1. The zero-order valence-corrected chi connectivity index (χ0v) is 14.9. The Kier molecular flexibility index (Phi) is 5.20. The van der Waals surface area contributed by atoms with E-state index in [2.05, 4.69) is 15.2 Å². The third kappa shape index (κ3) is 3.78. The van der Waals surface area contributed by atoms with Gasteiger partial charge in [0.1, 0.15) is 0 Å². The highest BCUT2D eigenvalue weighted by Crippen LogP contribution is 2.27. The maximum absolute atomic E-state index is 12.5. The number of primary amides is 1. The van der Waals surface area contributed by atoms with Gasteiger partial charge in [0, 0.05) is 19.0 Å². The Balaban J connectivity index is 1.56. The third-order valence-electron chi connectivity index (χ3n) is 4.06. The van der Waals surface area contributed by atoms with Gasteiger partial charge in [0.25, 0.3) is 0 Å². The van der Waals surface area contributed by atoms with Gasteiger partial charge in [-0.2, -0.15) is 0 Å². The molecule has 1 atom stereocenters. The van der Waals surface area contributed by atoms with Gasteiger partial charge in [-0.1, -0.05) is 17.8 Å². The molecule has 128 valence electrons. The Bertz CT molecular complexity index is 707. The average Bonchev–Trinajstić information content (AvgIpc) is 3.25. The smallest absolute Gasteiger partial charge is 0.235 e. The fraction of sp³-hybridized carbons (Fsp3) is 0.467. The van der Waals surface area contributed by atoms with Crippen LogP contribution >= 0.6 is 23.1 Å². The molecule has 3 N–H and O–H groups in total. The van der Waals surface area contributed by atoms with Crippen molar-refractivity contribution in [2.24, 2.45) is 11.7 Å². The van der Waals surface area contributed by atoms with E-state index in [0.717, 1.165) is 10.7 Å². The molecule has 2 aromatic heterocycles. The van der Waals surface area contributed by atoms with Gasteiger partial charge in [0.2, 0.25) is 17.0 Å². The minimum atomic E-state index is -0.276. The number of H-pyrrole nitrogens is 1. The molecular weight excluding hydrogens is 346 g/mol. The fourth-order valence-electron chi connectivity index (χ4n) is 2.67. The molecule has 1 fully saturated rings. The van der Waals surface area contributed by atoms with Crippen LogP contribution in [0.1, 0.15) is 19.8 Å². The summed E-state index contributed by atoms with van der Waals surface area (Å²) in [5, 5.41) is 9.34. The second-order valence-corrected chi connectivity index (χ2v) is 7.96.